The molecule has 0 fully saturated rings. The van der Waals surface area contributed by atoms with Crippen LogP contribution in [0.5, 0.6) is 0 Å². The fourth-order valence-electron chi connectivity index (χ4n) is 0.972. The van der Waals surface area contributed by atoms with Crippen molar-refractivity contribution in [2.75, 3.05) is 45.9 Å². The van der Waals surface area contributed by atoms with Gasteiger partial charge in [0, 0.05) is 13.7 Å². The molecule has 2 N–H and O–H groups in total. The van der Waals surface area contributed by atoms with Crippen LogP contribution in [0, 0.1) is 0 Å². The molecule has 0 rings (SSSR count). The van der Waals surface area contributed by atoms with Gasteiger partial charge < -0.3 is 14.2 Å². The van der Waals surface area contributed by atoms with Gasteiger partial charge in [-0.05, 0) is 12.8 Å². The predicted octanol–water partition coefficient (Wildman–Crippen LogP) is -0.265. The van der Waals surface area contributed by atoms with E-state index in [0.717, 1.165) is 0 Å². The summed E-state index contributed by atoms with van der Waals surface area (Å²) in [5, 5.41) is 4.84. The van der Waals surface area contributed by atoms with Gasteiger partial charge in [-0.2, -0.15) is 0 Å². The first-order chi connectivity index (χ1) is 7.56. The fraction of sp³-hybridized carbons (Fsp3) is 1.00. The first-order valence-corrected chi connectivity index (χ1v) is 6.92. The van der Waals surface area contributed by atoms with Crippen LogP contribution in [0.2, 0.25) is 0 Å². The summed E-state index contributed by atoms with van der Waals surface area (Å²) in [5.74, 6) is 0.0146. The number of hydrogen-bond acceptors (Lipinski definition) is 5. The number of rotatable bonds is 11. The van der Waals surface area contributed by atoms with Crippen molar-refractivity contribution in [3.8, 4) is 0 Å². The topological polar surface area (TPSA) is 87.8 Å². The summed E-state index contributed by atoms with van der Waals surface area (Å²) < 4.78 is 36.3. The summed E-state index contributed by atoms with van der Waals surface area (Å²) in [6, 6.07) is 0. The molecule has 0 unspecified atom stereocenters. The number of primary sulfonamides is 1. The van der Waals surface area contributed by atoms with Crippen LogP contribution in [0.3, 0.4) is 0 Å². The van der Waals surface area contributed by atoms with Crippen LogP contribution in [-0.4, -0.2) is 54.3 Å². The molecule has 16 heavy (non-hydrogen) atoms. The first kappa shape index (κ1) is 15.8. The van der Waals surface area contributed by atoms with E-state index in [0.29, 0.717) is 45.9 Å². The Morgan fingerprint density at radius 2 is 1.50 bits per heavy atom. The molecule has 7 heteroatoms. The number of sulfonamides is 1. The van der Waals surface area contributed by atoms with E-state index in [9.17, 15) is 8.42 Å². The van der Waals surface area contributed by atoms with Crippen LogP contribution in [-0.2, 0) is 24.2 Å². The summed E-state index contributed by atoms with van der Waals surface area (Å²) in [6.07, 6.45) is 1.22. The van der Waals surface area contributed by atoms with Crippen molar-refractivity contribution >= 4 is 10.0 Å². The number of unbranched alkanes of at least 4 members (excludes halogenated alkanes) is 1. The van der Waals surface area contributed by atoms with Crippen molar-refractivity contribution in [3.63, 3.8) is 0 Å². The van der Waals surface area contributed by atoms with Crippen molar-refractivity contribution in [2.24, 2.45) is 5.14 Å². The smallest absolute Gasteiger partial charge is 0.209 e. The Morgan fingerprint density at radius 3 is 2.06 bits per heavy atom. The zero-order chi connectivity index (χ0) is 12.3. The second kappa shape index (κ2) is 9.98. The maximum absolute atomic E-state index is 10.6. The molecule has 0 atom stereocenters. The Labute approximate surface area is 97.1 Å². The molecular weight excluding hydrogens is 234 g/mol. The SMILES string of the molecule is COCCOCCOCCCCS(N)(=O)=O. The molecule has 0 heterocycles. The van der Waals surface area contributed by atoms with Crippen LogP contribution in [0.1, 0.15) is 12.8 Å². The maximum Gasteiger partial charge on any atom is 0.209 e. The van der Waals surface area contributed by atoms with Gasteiger partial charge in [-0.3, -0.25) is 0 Å². The summed E-state index contributed by atoms with van der Waals surface area (Å²) in [6.45, 7) is 2.71. The monoisotopic (exact) mass is 255 g/mol. The van der Waals surface area contributed by atoms with Crippen LogP contribution < -0.4 is 5.14 Å². The molecule has 6 nitrogen and oxygen atoms in total. The minimum atomic E-state index is -3.33. The number of ether oxygens (including phenoxy) is 3. The first-order valence-electron chi connectivity index (χ1n) is 5.21. The van der Waals surface area contributed by atoms with Gasteiger partial charge in [-0.15, -0.1) is 0 Å². The molecule has 0 aliphatic rings. The average molecular weight is 255 g/mol. The predicted molar refractivity (Wildman–Crippen MR) is 60.7 cm³/mol. The van der Waals surface area contributed by atoms with Gasteiger partial charge >= 0.3 is 0 Å². The molecule has 0 radical (unpaired) electrons. The van der Waals surface area contributed by atoms with E-state index in [4.69, 9.17) is 19.3 Å². The van der Waals surface area contributed by atoms with E-state index in [2.05, 4.69) is 0 Å². The van der Waals surface area contributed by atoms with E-state index in [1.807, 2.05) is 0 Å². The molecule has 0 saturated heterocycles. The van der Waals surface area contributed by atoms with Crippen LogP contribution >= 0.6 is 0 Å². The van der Waals surface area contributed by atoms with E-state index < -0.39 is 10.0 Å². The molecule has 0 saturated carbocycles. The van der Waals surface area contributed by atoms with E-state index >= 15 is 0 Å². The zero-order valence-corrected chi connectivity index (χ0v) is 10.5. The molecule has 0 aliphatic carbocycles. The Hall–Kier alpha value is -0.210. The van der Waals surface area contributed by atoms with Crippen LogP contribution in [0.15, 0.2) is 0 Å². The summed E-state index contributed by atoms with van der Waals surface area (Å²) in [5.41, 5.74) is 0. The van der Waals surface area contributed by atoms with Gasteiger partial charge in [0.15, 0.2) is 0 Å². The molecule has 0 bridgehead atoms. The lowest BCUT2D eigenvalue weighted by atomic mass is 10.4. The third-order valence-corrected chi connectivity index (χ3v) is 2.63. The third-order valence-electron chi connectivity index (χ3n) is 1.77. The largest absolute Gasteiger partial charge is 0.382 e. The molecule has 0 aliphatic heterocycles. The lowest BCUT2D eigenvalue weighted by Crippen LogP contribution is -2.16. The number of methoxy groups -OCH3 is 1. The molecular formula is C9H21NO5S. The highest BCUT2D eigenvalue weighted by Gasteiger charge is 2.01. The Morgan fingerprint density at radius 1 is 0.938 bits per heavy atom. The minimum Gasteiger partial charge on any atom is -0.382 e. The van der Waals surface area contributed by atoms with Crippen molar-refractivity contribution in [2.45, 2.75) is 12.8 Å². The highest BCUT2D eigenvalue weighted by molar-refractivity contribution is 7.89. The molecule has 98 valence electrons. The van der Waals surface area contributed by atoms with Crippen LogP contribution in [0.25, 0.3) is 0 Å². The van der Waals surface area contributed by atoms with E-state index in [1.165, 1.54) is 0 Å². The second-order valence-corrected chi connectivity index (χ2v) is 5.03. The molecule has 0 spiro atoms. The van der Waals surface area contributed by atoms with Gasteiger partial charge in [0.05, 0.1) is 32.2 Å². The van der Waals surface area contributed by atoms with Crippen molar-refractivity contribution in [1.82, 2.24) is 0 Å². The Balaban J connectivity index is 3.05. The van der Waals surface area contributed by atoms with Gasteiger partial charge in [0.1, 0.15) is 0 Å². The summed E-state index contributed by atoms with van der Waals surface area (Å²) in [4.78, 5) is 0. The van der Waals surface area contributed by atoms with Crippen molar-refractivity contribution in [1.29, 1.82) is 0 Å². The maximum atomic E-state index is 10.6. The van der Waals surface area contributed by atoms with Gasteiger partial charge in [0.2, 0.25) is 10.0 Å². The molecule has 0 aromatic carbocycles. The highest BCUT2D eigenvalue weighted by Crippen LogP contribution is 1.93. The van der Waals surface area contributed by atoms with E-state index in [1.54, 1.807) is 7.11 Å². The zero-order valence-electron chi connectivity index (χ0n) is 9.68. The van der Waals surface area contributed by atoms with Crippen molar-refractivity contribution < 1.29 is 22.6 Å². The normalized spacial score (nSPS) is 11.9. The highest BCUT2D eigenvalue weighted by atomic mass is 32.2. The van der Waals surface area contributed by atoms with Gasteiger partial charge in [-0.1, -0.05) is 0 Å². The second-order valence-electron chi connectivity index (χ2n) is 3.29. The molecule has 0 amide bonds. The van der Waals surface area contributed by atoms with Crippen molar-refractivity contribution in [3.05, 3.63) is 0 Å². The Bertz CT molecular complexity index is 242. The Kier molecular flexibility index (Phi) is 9.85. The number of nitrogens with two attached hydrogens (primary N) is 1. The standard InChI is InChI=1S/C9H21NO5S/c1-13-5-6-15-8-7-14-4-2-3-9-16(10,11)12/h2-9H2,1H3,(H2,10,11,12). The number of hydrogen-bond donors (Lipinski definition) is 1. The van der Waals surface area contributed by atoms with Gasteiger partial charge in [0.25, 0.3) is 0 Å². The average Bonchev–Trinajstić information content (AvgIpc) is 2.19. The van der Waals surface area contributed by atoms with Crippen LogP contribution in [0.4, 0.5) is 0 Å². The molecule has 0 aromatic heterocycles. The summed E-state index contributed by atoms with van der Waals surface area (Å²) in [7, 11) is -1.71. The minimum absolute atomic E-state index is 0.0146. The summed E-state index contributed by atoms with van der Waals surface area (Å²) >= 11 is 0. The lowest BCUT2D eigenvalue weighted by molar-refractivity contribution is 0.0242. The fourth-order valence-corrected chi connectivity index (χ4v) is 1.58. The quantitative estimate of drug-likeness (QED) is 0.514. The molecule has 0 aromatic rings. The van der Waals surface area contributed by atoms with E-state index in [-0.39, 0.29) is 5.75 Å². The van der Waals surface area contributed by atoms with Gasteiger partial charge in [-0.25, -0.2) is 13.6 Å². The third kappa shape index (κ3) is 13.8. The lowest BCUT2D eigenvalue weighted by Gasteiger charge is -2.05.